The summed E-state index contributed by atoms with van der Waals surface area (Å²) in [6.45, 7) is 2.73. The van der Waals surface area contributed by atoms with Crippen LogP contribution < -0.4 is 0 Å². The molecule has 0 spiro atoms. The first-order valence-electron chi connectivity index (χ1n) is 5.93. The van der Waals surface area contributed by atoms with Gasteiger partial charge in [0.2, 0.25) is 5.78 Å². The number of hydrogen-bond donors (Lipinski definition) is 0. The molecule has 0 radical (unpaired) electrons. The van der Waals surface area contributed by atoms with Crippen molar-refractivity contribution in [1.29, 1.82) is 0 Å². The molecule has 6 heteroatoms. The van der Waals surface area contributed by atoms with Gasteiger partial charge in [-0.1, -0.05) is 6.92 Å². The Morgan fingerprint density at radius 1 is 1.37 bits per heavy atom. The molecular weight excluding hydrogens is 246 g/mol. The highest BCUT2D eigenvalue weighted by Gasteiger charge is 2.16. The highest BCUT2D eigenvalue weighted by molar-refractivity contribution is 6.06. The summed E-state index contributed by atoms with van der Waals surface area (Å²) in [5, 5.41) is 10.6. The maximum absolute atomic E-state index is 12.2. The number of nitro groups is 1. The van der Waals surface area contributed by atoms with Crippen molar-refractivity contribution >= 4 is 11.5 Å². The Labute approximate surface area is 109 Å². The first-order chi connectivity index (χ1) is 9.13. The van der Waals surface area contributed by atoms with Crippen LogP contribution in [0.25, 0.3) is 0 Å². The van der Waals surface area contributed by atoms with Crippen molar-refractivity contribution in [3.05, 3.63) is 58.2 Å². The standard InChI is InChI=1S/C13H13N3O3/c1-2-8-15-9-7-14-13(15)12(17)10-3-5-11(6-4-10)16(18)19/h3-7,9H,2,8H2,1H3. The molecule has 0 aliphatic rings. The quantitative estimate of drug-likeness (QED) is 0.469. The lowest BCUT2D eigenvalue weighted by molar-refractivity contribution is -0.384. The molecule has 2 aromatic rings. The number of carbonyl (C=O) groups is 1. The topological polar surface area (TPSA) is 78.0 Å². The van der Waals surface area contributed by atoms with Gasteiger partial charge in [0.15, 0.2) is 5.82 Å². The van der Waals surface area contributed by atoms with E-state index in [0.29, 0.717) is 17.9 Å². The number of rotatable bonds is 5. The highest BCUT2D eigenvalue weighted by atomic mass is 16.6. The van der Waals surface area contributed by atoms with Crippen LogP contribution in [-0.2, 0) is 6.54 Å². The van der Waals surface area contributed by atoms with E-state index in [-0.39, 0.29) is 11.5 Å². The van der Waals surface area contributed by atoms with E-state index >= 15 is 0 Å². The molecule has 0 unspecified atom stereocenters. The second-order valence-electron chi connectivity index (χ2n) is 4.08. The summed E-state index contributed by atoms with van der Waals surface area (Å²) < 4.78 is 1.78. The van der Waals surface area contributed by atoms with Gasteiger partial charge in [0.25, 0.3) is 5.69 Å². The molecule has 0 saturated heterocycles. The summed E-state index contributed by atoms with van der Waals surface area (Å²) in [7, 11) is 0. The van der Waals surface area contributed by atoms with E-state index in [0.717, 1.165) is 6.42 Å². The van der Waals surface area contributed by atoms with Gasteiger partial charge in [-0.15, -0.1) is 0 Å². The van der Waals surface area contributed by atoms with Gasteiger partial charge < -0.3 is 4.57 Å². The maximum atomic E-state index is 12.2. The number of ketones is 1. The first-order valence-corrected chi connectivity index (χ1v) is 5.93. The number of hydrogen-bond acceptors (Lipinski definition) is 4. The molecule has 0 saturated carbocycles. The zero-order chi connectivity index (χ0) is 13.8. The lowest BCUT2D eigenvalue weighted by atomic mass is 10.1. The number of carbonyl (C=O) groups excluding carboxylic acids is 1. The van der Waals surface area contributed by atoms with Crippen LogP contribution in [0.5, 0.6) is 0 Å². The number of nitro benzene ring substituents is 1. The molecule has 1 aromatic heterocycles. The minimum Gasteiger partial charge on any atom is -0.328 e. The van der Waals surface area contributed by atoms with Gasteiger partial charge in [0.05, 0.1) is 4.92 Å². The Kier molecular flexibility index (Phi) is 3.70. The molecule has 0 aliphatic heterocycles. The van der Waals surface area contributed by atoms with Crippen LogP contribution in [0.3, 0.4) is 0 Å². The van der Waals surface area contributed by atoms with E-state index < -0.39 is 4.92 Å². The van der Waals surface area contributed by atoms with E-state index in [1.807, 2.05) is 6.92 Å². The van der Waals surface area contributed by atoms with Crippen LogP contribution in [0.1, 0.15) is 29.5 Å². The second-order valence-corrected chi connectivity index (χ2v) is 4.08. The Morgan fingerprint density at radius 3 is 2.63 bits per heavy atom. The fraction of sp³-hybridized carbons (Fsp3) is 0.231. The second kappa shape index (κ2) is 5.43. The smallest absolute Gasteiger partial charge is 0.269 e. The average Bonchev–Trinajstić information content (AvgIpc) is 2.87. The molecule has 0 N–H and O–H groups in total. The molecule has 98 valence electrons. The van der Waals surface area contributed by atoms with Crippen LogP contribution in [0.4, 0.5) is 5.69 Å². The van der Waals surface area contributed by atoms with Crippen LogP contribution in [-0.4, -0.2) is 20.3 Å². The number of non-ortho nitro benzene ring substituents is 1. The van der Waals surface area contributed by atoms with Gasteiger partial charge in [0, 0.05) is 36.6 Å². The van der Waals surface area contributed by atoms with Gasteiger partial charge in [-0.3, -0.25) is 14.9 Å². The van der Waals surface area contributed by atoms with Gasteiger partial charge in [-0.05, 0) is 18.6 Å². The largest absolute Gasteiger partial charge is 0.328 e. The molecule has 0 bridgehead atoms. The molecule has 1 heterocycles. The number of aryl methyl sites for hydroxylation is 1. The predicted molar refractivity (Wildman–Crippen MR) is 69.0 cm³/mol. The van der Waals surface area contributed by atoms with Gasteiger partial charge >= 0.3 is 0 Å². The summed E-state index contributed by atoms with van der Waals surface area (Å²) in [6, 6.07) is 5.54. The lowest BCUT2D eigenvalue weighted by Crippen LogP contribution is -2.11. The van der Waals surface area contributed by atoms with Crippen LogP contribution in [0, 0.1) is 10.1 Å². The van der Waals surface area contributed by atoms with E-state index in [2.05, 4.69) is 4.98 Å². The third kappa shape index (κ3) is 2.67. The van der Waals surface area contributed by atoms with Crippen molar-refractivity contribution in [3.63, 3.8) is 0 Å². The van der Waals surface area contributed by atoms with E-state index in [1.54, 1.807) is 17.0 Å². The van der Waals surface area contributed by atoms with E-state index in [9.17, 15) is 14.9 Å². The summed E-state index contributed by atoms with van der Waals surface area (Å²) in [6.07, 6.45) is 4.23. The highest BCUT2D eigenvalue weighted by Crippen LogP contribution is 2.15. The van der Waals surface area contributed by atoms with E-state index in [1.165, 1.54) is 24.3 Å². The SMILES string of the molecule is CCCn1ccnc1C(=O)c1ccc([N+](=O)[O-])cc1. The van der Waals surface area contributed by atoms with Crippen molar-refractivity contribution in [2.75, 3.05) is 0 Å². The van der Waals surface area contributed by atoms with Crippen LogP contribution >= 0.6 is 0 Å². The lowest BCUT2D eigenvalue weighted by Gasteiger charge is -2.05. The third-order valence-electron chi connectivity index (χ3n) is 2.72. The fourth-order valence-corrected chi connectivity index (χ4v) is 1.80. The van der Waals surface area contributed by atoms with Crippen molar-refractivity contribution < 1.29 is 9.72 Å². The van der Waals surface area contributed by atoms with E-state index in [4.69, 9.17) is 0 Å². The normalized spacial score (nSPS) is 10.4. The molecule has 2 rings (SSSR count). The monoisotopic (exact) mass is 259 g/mol. The van der Waals surface area contributed by atoms with Crippen molar-refractivity contribution in [2.45, 2.75) is 19.9 Å². The van der Waals surface area contributed by atoms with Crippen LogP contribution in [0.2, 0.25) is 0 Å². The summed E-state index contributed by atoms with van der Waals surface area (Å²) >= 11 is 0. The molecule has 0 aliphatic carbocycles. The minimum absolute atomic E-state index is 0.0338. The summed E-state index contributed by atoms with van der Waals surface area (Å²) in [4.78, 5) is 26.3. The average molecular weight is 259 g/mol. The molecule has 19 heavy (non-hydrogen) atoms. The Bertz CT molecular complexity index is 602. The Hall–Kier alpha value is -2.50. The number of benzene rings is 1. The zero-order valence-electron chi connectivity index (χ0n) is 10.4. The predicted octanol–water partition coefficient (Wildman–Crippen LogP) is 2.43. The number of imidazole rings is 1. The molecule has 0 fully saturated rings. The molecule has 1 aromatic carbocycles. The van der Waals surface area contributed by atoms with Crippen molar-refractivity contribution in [3.8, 4) is 0 Å². The fourth-order valence-electron chi connectivity index (χ4n) is 1.80. The summed E-state index contributed by atoms with van der Waals surface area (Å²) in [5.74, 6) is 0.129. The zero-order valence-corrected chi connectivity index (χ0v) is 10.4. The third-order valence-corrected chi connectivity index (χ3v) is 2.72. The molecule has 0 atom stereocenters. The Morgan fingerprint density at radius 2 is 2.05 bits per heavy atom. The number of nitrogens with zero attached hydrogens (tertiary/aromatic N) is 3. The number of aromatic nitrogens is 2. The minimum atomic E-state index is -0.494. The van der Waals surface area contributed by atoms with Crippen LogP contribution in [0.15, 0.2) is 36.7 Å². The molecule has 6 nitrogen and oxygen atoms in total. The van der Waals surface area contributed by atoms with Gasteiger partial charge in [-0.25, -0.2) is 4.98 Å². The van der Waals surface area contributed by atoms with Crippen molar-refractivity contribution in [2.24, 2.45) is 0 Å². The van der Waals surface area contributed by atoms with Gasteiger partial charge in [0.1, 0.15) is 0 Å². The van der Waals surface area contributed by atoms with Crippen molar-refractivity contribution in [1.82, 2.24) is 9.55 Å². The van der Waals surface area contributed by atoms with Gasteiger partial charge in [-0.2, -0.15) is 0 Å². The Balaban J connectivity index is 2.28. The maximum Gasteiger partial charge on any atom is 0.269 e. The summed E-state index contributed by atoms with van der Waals surface area (Å²) in [5.41, 5.74) is 0.364. The molecular formula is C13H13N3O3. The molecule has 0 amide bonds. The first kappa shape index (κ1) is 12.9.